The molecular weight excluding hydrogens is 206 g/mol. The van der Waals surface area contributed by atoms with Crippen molar-refractivity contribution >= 4 is 5.97 Å². The maximum absolute atomic E-state index is 11.6. The molecule has 0 spiro atoms. The van der Waals surface area contributed by atoms with Crippen LogP contribution < -0.4 is 0 Å². The van der Waals surface area contributed by atoms with Crippen LogP contribution in [0.4, 0.5) is 0 Å². The van der Waals surface area contributed by atoms with Crippen molar-refractivity contribution in [1.82, 2.24) is 4.90 Å². The Kier molecular flexibility index (Phi) is 2.44. The zero-order valence-electron chi connectivity index (χ0n) is 9.78. The number of fused-ring (bicyclic) bond motifs is 1. The number of hydrogen-bond donors (Lipinski definition) is 0. The normalized spacial score (nSPS) is 42.8. The number of ether oxygens (including phenoxy) is 2. The molecule has 90 valence electrons. The summed E-state index contributed by atoms with van der Waals surface area (Å²) in [7, 11) is 1.50. The fourth-order valence-electron chi connectivity index (χ4n) is 3.80. The third kappa shape index (κ3) is 1.39. The first-order valence-corrected chi connectivity index (χ1v) is 6.16. The highest BCUT2D eigenvalue weighted by molar-refractivity contribution is 5.74. The Morgan fingerprint density at radius 2 is 2.00 bits per heavy atom. The Labute approximate surface area is 95.9 Å². The van der Waals surface area contributed by atoms with E-state index >= 15 is 0 Å². The summed E-state index contributed by atoms with van der Waals surface area (Å²) in [6.07, 6.45) is 3.38. The molecule has 1 saturated heterocycles. The summed E-state index contributed by atoms with van der Waals surface area (Å²) >= 11 is 0. The van der Waals surface area contributed by atoms with Gasteiger partial charge in [0, 0.05) is 18.6 Å². The first-order chi connectivity index (χ1) is 7.75. The molecule has 0 unspecified atom stereocenters. The van der Waals surface area contributed by atoms with Gasteiger partial charge in [0.15, 0.2) is 0 Å². The van der Waals surface area contributed by atoms with E-state index in [-0.39, 0.29) is 11.9 Å². The molecule has 4 heteroatoms. The number of methoxy groups -OCH3 is 1. The highest BCUT2D eigenvalue weighted by Crippen LogP contribution is 2.58. The Hall–Kier alpha value is -0.610. The molecule has 3 aliphatic carbocycles. The number of hydrogen-bond acceptors (Lipinski definition) is 4. The molecule has 3 saturated carbocycles. The smallest absolute Gasteiger partial charge is 0.309 e. The van der Waals surface area contributed by atoms with Gasteiger partial charge in [0.1, 0.15) is 0 Å². The second kappa shape index (κ2) is 3.70. The van der Waals surface area contributed by atoms with E-state index in [2.05, 4.69) is 4.90 Å². The Balaban J connectivity index is 1.68. The lowest BCUT2D eigenvalue weighted by molar-refractivity contribution is -0.146. The number of carbonyl (C=O) groups excluding carboxylic acids is 1. The van der Waals surface area contributed by atoms with Crippen molar-refractivity contribution in [3.05, 3.63) is 0 Å². The van der Waals surface area contributed by atoms with E-state index in [4.69, 9.17) is 9.47 Å². The van der Waals surface area contributed by atoms with Gasteiger partial charge >= 0.3 is 5.97 Å². The zero-order chi connectivity index (χ0) is 11.2. The van der Waals surface area contributed by atoms with Crippen LogP contribution in [0.5, 0.6) is 0 Å². The van der Waals surface area contributed by atoms with Crippen molar-refractivity contribution in [1.29, 1.82) is 0 Å². The molecule has 4 fully saturated rings. The average molecular weight is 225 g/mol. The van der Waals surface area contributed by atoms with Gasteiger partial charge in [-0.3, -0.25) is 9.69 Å². The minimum absolute atomic E-state index is 0.00219. The zero-order valence-corrected chi connectivity index (χ0v) is 9.78. The van der Waals surface area contributed by atoms with Crippen molar-refractivity contribution in [2.24, 2.45) is 11.8 Å². The molecule has 1 heterocycles. The first-order valence-electron chi connectivity index (χ1n) is 6.16. The largest absolute Gasteiger partial charge is 0.469 e. The van der Waals surface area contributed by atoms with Crippen LogP contribution >= 0.6 is 0 Å². The van der Waals surface area contributed by atoms with E-state index < -0.39 is 0 Å². The number of nitrogens with zero attached hydrogens (tertiary/aromatic N) is 1. The lowest BCUT2D eigenvalue weighted by Gasteiger charge is -2.49. The fraction of sp³-hybridized carbons (Fsp3) is 0.917. The Morgan fingerprint density at radius 3 is 2.62 bits per heavy atom. The van der Waals surface area contributed by atoms with Crippen molar-refractivity contribution < 1.29 is 14.3 Å². The van der Waals surface area contributed by atoms with Gasteiger partial charge in [0.05, 0.1) is 26.2 Å². The van der Waals surface area contributed by atoms with E-state index in [0.717, 1.165) is 32.7 Å². The van der Waals surface area contributed by atoms with Gasteiger partial charge < -0.3 is 9.47 Å². The predicted molar refractivity (Wildman–Crippen MR) is 58.0 cm³/mol. The van der Waals surface area contributed by atoms with Crippen LogP contribution in [0.1, 0.15) is 19.3 Å². The molecular formula is C12H19NO3. The van der Waals surface area contributed by atoms with Gasteiger partial charge in [0.25, 0.3) is 0 Å². The Morgan fingerprint density at radius 1 is 1.31 bits per heavy atom. The van der Waals surface area contributed by atoms with Crippen LogP contribution in [0.2, 0.25) is 0 Å². The third-order valence-corrected chi connectivity index (χ3v) is 4.64. The van der Waals surface area contributed by atoms with E-state index in [1.165, 1.54) is 20.0 Å². The quantitative estimate of drug-likeness (QED) is 0.647. The maximum Gasteiger partial charge on any atom is 0.309 e. The van der Waals surface area contributed by atoms with Crippen LogP contribution in [0.25, 0.3) is 0 Å². The molecule has 1 atom stereocenters. The summed E-state index contributed by atoms with van der Waals surface area (Å²) in [5, 5.41) is 0. The van der Waals surface area contributed by atoms with Gasteiger partial charge in [0.2, 0.25) is 0 Å². The molecule has 0 aromatic carbocycles. The third-order valence-electron chi connectivity index (χ3n) is 4.64. The van der Waals surface area contributed by atoms with E-state index in [9.17, 15) is 4.79 Å². The van der Waals surface area contributed by atoms with Crippen LogP contribution in [0.15, 0.2) is 0 Å². The van der Waals surface area contributed by atoms with Crippen LogP contribution in [-0.4, -0.2) is 49.8 Å². The fourth-order valence-corrected chi connectivity index (χ4v) is 3.80. The monoisotopic (exact) mass is 225 g/mol. The highest BCUT2D eigenvalue weighted by Gasteiger charge is 2.61. The van der Waals surface area contributed by atoms with Crippen LogP contribution in [0.3, 0.4) is 0 Å². The molecule has 16 heavy (non-hydrogen) atoms. The lowest BCUT2D eigenvalue weighted by atomic mass is 9.74. The maximum atomic E-state index is 11.6. The van der Waals surface area contributed by atoms with Gasteiger partial charge in [-0.2, -0.15) is 0 Å². The second-order valence-corrected chi connectivity index (χ2v) is 5.33. The average Bonchev–Trinajstić information content (AvgIpc) is 2.84. The van der Waals surface area contributed by atoms with Crippen molar-refractivity contribution in [2.75, 3.05) is 33.4 Å². The molecule has 0 aromatic heterocycles. The summed E-state index contributed by atoms with van der Waals surface area (Å²) in [6, 6.07) is 0. The summed E-state index contributed by atoms with van der Waals surface area (Å²) in [6.45, 7) is 3.74. The molecule has 4 rings (SSSR count). The van der Waals surface area contributed by atoms with E-state index in [1.54, 1.807) is 0 Å². The SMILES string of the molecule is COC(=O)[C@@H]1CC2(N3CCOCC3)CC1C2. The molecule has 2 bridgehead atoms. The van der Waals surface area contributed by atoms with E-state index in [0.29, 0.717) is 11.5 Å². The van der Waals surface area contributed by atoms with E-state index in [1.807, 2.05) is 0 Å². The van der Waals surface area contributed by atoms with Gasteiger partial charge in [-0.15, -0.1) is 0 Å². The van der Waals surface area contributed by atoms with Gasteiger partial charge in [-0.1, -0.05) is 0 Å². The molecule has 4 nitrogen and oxygen atoms in total. The highest BCUT2D eigenvalue weighted by atomic mass is 16.5. The lowest BCUT2D eigenvalue weighted by Crippen LogP contribution is -2.56. The van der Waals surface area contributed by atoms with Crippen molar-refractivity contribution in [2.45, 2.75) is 24.8 Å². The summed E-state index contributed by atoms with van der Waals surface area (Å²) in [5.74, 6) is 0.737. The standard InChI is InChI=1S/C12H19NO3/c1-15-11(14)10-8-12(6-9(10)7-12)13-2-4-16-5-3-13/h9-10H,2-8H2,1H3/t9?,10-,12?/m1/s1. The number of rotatable bonds is 2. The number of esters is 1. The minimum atomic E-state index is -0.00219. The molecule has 1 aliphatic heterocycles. The molecule has 0 amide bonds. The summed E-state index contributed by atoms with van der Waals surface area (Å²) < 4.78 is 10.3. The number of morpholine rings is 1. The van der Waals surface area contributed by atoms with Crippen LogP contribution in [-0.2, 0) is 14.3 Å². The minimum Gasteiger partial charge on any atom is -0.469 e. The van der Waals surface area contributed by atoms with Gasteiger partial charge in [-0.05, 0) is 25.2 Å². The number of carbonyl (C=O) groups is 1. The Bertz CT molecular complexity index is 293. The van der Waals surface area contributed by atoms with Crippen molar-refractivity contribution in [3.63, 3.8) is 0 Å². The van der Waals surface area contributed by atoms with Crippen LogP contribution in [0, 0.1) is 11.8 Å². The summed E-state index contributed by atoms with van der Waals surface area (Å²) in [5.41, 5.74) is 0.313. The summed E-state index contributed by atoms with van der Waals surface area (Å²) in [4.78, 5) is 14.1. The van der Waals surface area contributed by atoms with Gasteiger partial charge in [-0.25, -0.2) is 0 Å². The van der Waals surface area contributed by atoms with Crippen molar-refractivity contribution in [3.8, 4) is 0 Å². The predicted octanol–water partition coefficient (Wildman–Crippen LogP) is 0.660. The molecule has 0 aromatic rings. The molecule has 0 radical (unpaired) electrons. The molecule has 4 aliphatic rings. The molecule has 0 N–H and O–H groups in total. The second-order valence-electron chi connectivity index (χ2n) is 5.33. The topological polar surface area (TPSA) is 38.8 Å². The first kappa shape index (κ1) is 10.5.